The molecule has 0 spiro atoms. The van der Waals surface area contributed by atoms with Crippen molar-refractivity contribution in [2.45, 2.75) is 56.8 Å². The number of rotatable bonds is 3. The van der Waals surface area contributed by atoms with Gasteiger partial charge in [0, 0.05) is 47.7 Å². The summed E-state index contributed by atoms with van der Waals surface area (Å²) < 4.78 is 7.49. The third kappa shape index (κ3) is 2.68. The maximum absolute atomic E-state index is 13.6. The lowest BCUT2D eigenvalue weighted by Gasteiger charge is -2.38. The lowest BCUT2D eigenvalue weighted by molar-refractivity contribution is 0.405. The van der Waals surface area contributed by atoms with Gasteiger partial charge in [-0.2, -0.15) is 4.98 Å². The fourth-order valence-electron chi connectivity index (χ4n) is 5.93. The van der Waals surface area contributed by atoms with Crippen molar-refractivity contribution in [2.75, 3.05) is 12.0 Å². The van der Waals surface area contributed by atoms with Crippen molar-refractivity contribution in [3.63, 3.8) is 0 Å². The van der Waals surface area contributed by atoms with Gasteiger partial charge in [0.05, 0.1) is 23.9 Å². The molecule has 2 aromatic heterocycles. The lowest BCUT2D eigenvalue weighted by Crippen LogP contribution is -2.49. The van der Waals surface area contributed by atoms with Crippen molar-refractivity contribution in [2.24, 2.45) is 17.8 Å². The van der Waals surface area contributed by atoms with E-state index >= 15 is 0 Å². The number of fused-ring (bicyclic) bond motifs is 4. The monoisotopic (exact) mass is 432 g/mol. The second-order valence-corrected chi connectivity index (χ2v) is 9.34. The molecule has 4 atom stereocenters. The van der Waals surface area contributed by atoms with Crippen molar-refractivity contribution in [3.8, 4) is 16.9 Å². The number of nitrogens with one attached hydrogen (secondary N) is 1. The van der Waals surface area contributed by atoms with E-state index in [2.05, 4.69) is 21.0 Å². The van der Waals surface area contributed by atoms with E-state index in [1.54, 1.807) is 11.7 Å². The molecule has 5 heterocycles. The molecule has 3 N–H and O–H groups in total. The molecular weight excluding hydrogens is 404 g/mol. The molecule has 6 rings (SSSR count). The van der Waals surface area contributed by atoms with Crippen LogP contribution in [0.25, 0.3) is 28.2 Å². The van der Waals surface area contributed by atoms with E-state index in [9.17, 15) is 4.79 Å². The van der Waals surface area contributed by atoms with Gasteiger partial charge >= 0.3 is 0 Å². The number of aromatic amines is 1. The standard InChI is InChI=1S/C24H28N6O2/c1-12-8-17-19(27-12)7-6-16(21(17)32-3)18-11-26-22-20(18)23(31)29(2)24(28-22)30-14-4-5-15(30)10-13(25)9-14/h6-8,11-15,26H,4-5,9-10,25H2,1-3H3/t12?,13-,14+,15-. The van der Waals surface area contributed by atoms with E-state index in [0.717, 1.165) is 59.1 Å². The van der Waals surface area contributed by atoms with Crippen LogP contribution in [0.4, 0.5) is 5.95 Å². The van der Waals surface area contributed by atoms with Crippen molar-refractivity contribution in [1.82, 2.24) is 14.5 Å². The van der Waals surface area contributed by atoms with Crippen LogP contribution in [0.5, 0.6) is 5.75 Å². The summed E-state index contributed by atoms with van der Waals surface area (Å²) in [5.74, 6) is 1.47. The number of anilines is 1. The van der Waals surface area contributed by atoms with Gasteiger partial charge in [-0.15, -0.1) is 0 Å². The third-order valence-corrected chi connectivity index (χ3v) is 7.31. The molecule has 0 amide bonds. The molecule has 8 nitrogen and oxygen atoms in total. The van der Waals surface area contributed by atoms with Crippen LogP contribution in [-0.4, -0.2) is 45.8 Å². The minimum Gasteiger partial charge on any atom is -0.495 e. The SMILES string of the molecule is COc1c(-c2c[nH]c3nc(N4[C@@H]5CC[C@H]4C[C@@H](N)C5)n(C)c(=O)c23)ccc2c1=CC(C)N=2. The first-order chi connectivity index (χ1) is 15.5. The van der Waals surface area contributed by atoms with E-state index in [-0.39, 0.29) is 17.6 Å². The maximum Gasteiger partial charge on any atom is 0.264 e. The van der Waals surface area contributed by atoms with Crippen molar-refractivity contribution in [1.29, 1.82) is 0 Å². The molecule has 3 aliphatic rings. The Hall–Kier alpha value is -3.13. The number of methoxy groups -OCH3 is 1. The Labute approximate surface area is 185 Å². The Balaban J connectivity index is 1.53. The molecule has 0 radical (unpaired) electrons. The van der Waals surface area contributed by atoms with Crippen molar-refractivity contribution in [3.05, 3.63) is 39.3 Å². The summed E-state index contributed by atoms with van der Waals surface area (Å²) in [6, 6.07) is 5.03. The van der Waals surface area contributed by atoms with E-state index in [1.807, 2.05) is 32.3 Å². The fraction of sp³-hybridized carbons (Fsp3) is 0.458. The summed E-state index contributed by atoms with van der Waals surface area (Å²) >= 11 is 0. The smallest absolute Gasteiger partial charge is 0.264 e. The van der Waals surface area contributed by atoms with Gasteiger partial charge < -0.3 is 20.4 Å². The van der Waals surface area contributed by atoms with E-state index < -0.39 is 0 Å². The van der Waals surface area contributed by atoms with Crippen LogP contribution >= 0.6 is 0 Å². The molecule has 0 aliphatic carbocycles. The fourth-order valence-corrected chi connectivity index (χ4v) is 5.93. The quantitative estimate of drug-likeness (QED) is 0.648. The molecule has 3 aliphatic heterocycles. The molecule has 1 aromatic carbocycles. The highest BCUT2D eigenvalue weighted by molar-refractivity contribution is 5.95. The number of nitrogens with zero attached hydrogens (tertiary/aromatic N) is 4. The number of piperidine rings is 1. The average Bonchev–Trinajstić information content (AvgIpc) is 3.43. The van der Waals surface area contributed by atoms with Gasteiger partial charge in [-0.1, -0.05) is 0 Å². The molecule has 2 bridgehead atoms. The number of aromatic nitrogens is 3. The summed E-state index contributed by atoms with van der Waals surface area (Å²) in [5.41, 5.74) is 8.48. The van der Waals surface area contributed by atoms with E-state index in [0.29, 0.717) is 23.1 Å². The summed E-state index contributed by atoms with van der Waals surface area (Å²) in [5, 5.41) is 2.48. The Morgan fingerprint density at radius 3 is 2.66 bits per heavy atom. The van der Waals surface area contributed by atoms with Crippen LogP contribution in [0.15, 0.2) is 28.1 Å². The highest BCUT2D eigenvalue weighted by Gasteiger charge is 2.41. The normalized spacial score (nSPS) is 26.2. The largest absolute Gasteiger partial charge is 0.495 e. The first kappa shape index (κ1) is 19.5. The highest BCUT2D eigenvalue weighted by Crippen LogP contribution is 2.38. The van der Waals surface area contributed by atoms with Gasteiger partial charge in [-0.05, 0) is 50.8 Å². The zero-order valence-corrected chi connectivity index (χ0v) is 18.6. The average molecular weight is 433 g/mol. The van der Waals surface area contributed by atoms with E-state index in [4.69, 9.17) is 15.5 Å². The van der Waals surface area contributed by atoms with Crippen LogP contribution in [0, 0.1) is 0 Å². The van der Waals surface area contributed by atoms with Gasteiger partial charge in [0.25, 0.3) is 5.56 Å². The summed E-state index contributed by atoms with van der Waals surface area (Å²) in [7, 11) is 3.49. The van der Waals surface area contributed by atoms with Gasteiger partial charge in [0.2, 0.25) is 5.95 Å². The summed E-state index contributed by atoms with van der Waals surface area (Å²) in [6.45, 7) is 2.05. The zero-order chi connectivity index (χ0) is 22.1. The molecule has 0 saturated carbocycles. The number of hydrogen-bond donors (Lipinski definition) is 2. The number of H-pyrrole nitrogens is 1. The van der Waals surface area contributed by atoms with Crippen LogP contribution in [0.2, 0.25) is 0 Å². The minimum atomic E-state index is -0.0555. The third-order valence-electron chi connectivity index (χ3n) is 7.31. The molecule has 2 saturated heterocycles. The van der Waals surface area contributed by atoms with Crippen LogP contribution in [-0.2, 0) is 7.05 Å². The minimum absolute atomic E-state index is 0.0555. The number of ether oxygens (including phenoxy) is 1. The molecular formula is C24H28N6O2. The van der Waals surface area contributed by atoms with E-state index in [1.165, 1.54) is 0 Å². The molecule has 1 unspecified atom stereocenters. The molecule has 8 heteroatoms. The van der Waals surface area contributed by atoms with Gasteiger partial charge in [-0.25, -0.2) is 0 Å². The molecule has 166 valence electrons. The van der Waals surface area contributed by atoms with Gasteiger partial charge in [-0.3, -0.25) is 14.4 Å². The number of benzene rings is 1. The van der Waals surface area contributed by atoms with Gasteiger partial charge in [0.15, 0.2) is 0 Å². The van der Waals surface area contributed by atoms with Crippen LogP contribution < -0.4 is 31.5 Å². The Morgan fingerprint density at radius 2 is 1.94 bits per heavy atom. The highest BCUT2D eigenvalue weighted by atomic mass is 16.5. The lowest BCUT2D eigenvalue weighted by atomic mass is 9.98. The van der Waals surface area contributed by atoms with Crippen molar-refractivity contribution < 1.29 is 4.74 Å². The maximum atomic E-state index is 13.6. The molecule has 3 aromatic rings. The first-order valence-corrected chi connectivity index (χ1v) is 11.4. The molecule has 2 fully saturated rings. The Kier molecular flexibility index (Phi) is 4.24. The van der Waals surface area contributed by atoms with Crippen molar-refractivity contribution >= 4 is 23.1 Å². The predicted molar refractivity (Wildman–Crippen MR) is 125 cm³/mol. The number of hydrogen-bond acceptors (Lipinski definition) is 6. The Morgan fingerprint density at radius 1 is 1.19 bits per heavy atom. The summed E-state index contributed by atoms with van der Waals surface area (Å²) in [6.07, 6.45) is 8.07. The van der Waals surface area contributed by atoms with Crippen LogP contribution in [0.3, 0.4) is 0 Å². The van der Waals surface area contributed by atoms with Crippen LogP contribution in [0.1, 0.15) is 32.6 Å². The number of nitrogens with two attached hydrogens (primary N) is 1. The predicted octanol–water partition coefficient (Wildman–Crippen LogP) is 1.20. The second kappa shape index (κ2) is 6.93. The summed E-state index contributed by atoms with van der Waals surface area (Å²) in [4.78, 5) is 28.8. The Bertz CT molecular complexity index is 1410. The topological polar surface area (TPSA) is 102 Å². The van der Waals surface area contributed by atoms with Gasteiger partial charge in [0.1, 0.15) is 11.4 Å². The second-order valence-electron chi connectivity index (χ2n) is 9.34. The molecule has 32 heavy (non-hydrogen) atoms. The zero-order valence-electron chi connectivity index (χ0n) is 18.6. The first-order valence-electron chi connectivity index (χ1n) is 11.4.